The van der Waals surface area contributed by atoms with Crippen LogP contribution >= 0.6 is 15.9 Å². The Morgan fingerprint density at radius 1 is 1.00 bits per heavy atom. The molecule has 0 spiro atoms. The molecule has 4 aliphatic carbocycles. The molecule has 0 bridgehead atoms. The van der Waals surface area contributed by atoms with Crippen LogP contribution in [0.3, 0.4) is 0 Å². The molecule has 0 aromatic rings. The average Bonchev–Trinajstić information content (AvgIpc) is 2.91. The minimum atomic E-state index is -0.541. The molecule has 0 amide bonds. The van der Waals surface area contributed by atoms with Crippen LogP contribution in [0.4, 0.5) is 0 Å². The summed E-state index contributed by atoms with van der Waals surface area (Å²) >= 11 is 3.70. The summed E-state index contributed by atoms with van der Waals surface area (Å²) in [7, 11) is 1.73. The monoisotopic (exact) mass is 412 g/mol. The van der Waals surface area contributed by atoms with Crippen LogP contribution in [0.1, 0.15) is 71.1 Å². The molecule has 1 N–H and O–H groups in total. The Bertz CT molecular complexity index is 483. The molecule has 8 atom stereocenters. The Morgan fingerprint density at radius 2 is 1.80 bits per heavy atom. The lowest BCUT2D eigenvalue weighted by atomic mass is 9.49. The first-order valence-corrected chi connectivity index (χ1v) is 11.9. The van der Waals surface area contributed by atoms with Crippen LogP contribution in [-0.4, -0.2) is 29.8 Å². The van der Waals surface area contributed by atoms with E-state index in [0.29, 0.717) is 12.0 Å². The molecule has 4 fully saturated rings. The summed E-state index contributed by atoms with van der Waals surface area (Å²) < 4.78 is 5.32. The second kappa shape index (κ2) is 7.09. The Balaban J connectivity index is 1.48. The van der Waals surface area contributed by atoms with Gasteiger partial charge in [0.25, 0.3) is 0 Å². The minimum absolute atomic E-state index is 0.527. The van der Waals surface area contributed by atoms with E-state index in [2.05, 4.69) is 22.9 Å². The molecule has 0 aromatic heterocycles. The van der Waals surface area contributed by atoms with Gasteiger partial charge in [0.2, 0.25) is 0 Å². The summed E-state index contributed by atoms with van der Waals surface area (Å²) in [6, 6.07) is 0. The van der Waals surface area contributed by atoms with Crippen LogP contribution in [0.25, 0.3) is 0 Å². The average molecular weight is 413 g/mol. The van der Waals surface area contributed by atoms with E-state index >= 15 is 0 Å². The van der Waals surface area contributed by atoms with Gasteiger partial charge in [0.05, 0.1) is 12.2 Å². The largest absolute Gasteiger partial charge is 0.387 e. The molecule has 0 aliphatic heterocycles. The van der Waals surface area contributed by atoms with Gasteiger partial charge in [-0.3, -0.25) is 0 Å². The van der Waals surface area contributed by atoms with E-state index < -0.39 is 5.60 Å². The highest BCUT2D eigenvalue weighted by Gasteiger charge is 2.57. The van der Waals surface area contributed by atoms with Gasteiger partial charge in [-0.05, 0) is 105 Å². The molecule has 4 aliphatic rings. The van der Waals surface area contributed by atoms with Crippen LogP contribution in [0, 0.1) is 40.9 Å². The van der Waals surface area contributed by atoms with Crippen molar-refractivity contribution in [1.29, 1.82) is 0 Å². The predicted molar refractivity (Wildman–Crippen MR) is 106 cm³/mol. The summed E-state index contributed by atoms with van der Waals surface area (Å²) in [5.74, 6) is 5.50. The smallest absolute Gasteiger partial charge is 0.0882 e. The standard InChI is InChI=1S/C22H37BrO2/c1-21-10-7-18-17-8-11-22(24,14-25-2)13-15(17)3-5-19(18)20(21)6-4-16(21)9-12-23/h15-20,24H,3-14H2,1-2H3/t15-,16+,17-,18+,19+,20-,21+,22+/m0/s1. The minimum Gasteiger partial charge on any atom is -0.387 e. The highest BCUT2D eigenvalue weighted by molar-refractivity contribution is 9.09. The quantitative estimate of drug-likeness (QED) is 0.624. The maximum absolute atomic E-state index is 10.9. The van der Waals surface area contributed by atoms with E-state index in [9.17, 15) is 5.11 Å². The van der Waals surface area contributed by atoms with Gasteiger partial charge in [0.15, 0.2) is 0 Å². The third-order valence-electron chi connectivity index (χ3n) is 9.17. The highest BCUT2D eigenvalue weighted by atomic mass is 79.9. The maximum atomic E-state index is 10.9. The van der Waals surface area contributed by atoms with Crippen molar-refractivity contribution in [3.05, 3.63) is 0 Å². The Labute approximate surface area is 162 Å². The van der Waals surface area contributed by atoms with Crippen molar-refractivity contribution >= 4 is 15.9 Å². The van der Waals surface area contributed by atoms with E-state index in [-0.39, 0.29) is 0 Å². The lowest BCUT2D eigenvalue weighted by Crippen LogP contribution is -2.51. The van der Waals surface area contributed by atoms with Crippen molar-refractivity contribution in [1.82, 2.24) is 0 Å². The molecule has 0 aromatic carbocycles. The number of alkyl halides is 1. The summed E-state index contributed by atoms with van der Waals surface area (Å²) in [6.07, 6.45) is 13.2. The SMILES string of the molecule is COC[C@@]1(O)CC[C@H]2[C@@H](CC[C@@H]3[C@@H]2CC[C@]2(C)[C@@H](CCBr)CC[C@@H]32)C1. The molecule has 4 rings (SSSR count). The number of fused-ring (bicyclic) bond motifs is 5. The van der Waals surface area contributed by atoms with Gasteiger partial charge in [-0.25, -0.2) is 0 Å². The van der Waals surface area contributed by atoms with Gasteiger partial charge in [0, 0.05) is 12.4 Å². The maximum Gasteiger partial charge on any atom is 0.0882 e. The Kier molecular flexibility index (Phi) is 5.32. The molecule has 2 nitrogen and oxygen atoms in total. The first-order chi connectivity index (χ1) is 12.0. The molecular weight excluding hydrogens is 376 g/mol. The van der Waals surface area contributed by atoms with Gasteiger partial charge >= 0.3 is 0 Å². The van der Waals surface area contributed by atoms with Crippen molar-refractivity contribution < 1.29 is 9.84 Å². The summed E-state index contributed by atoms with van der Waals surface area (Å²) in [5, 5.41) is 12.0. The molecule has 25 heavy (non-hydrogen) atoms. The first kappa shape index (κ1) is 18.7. The van der Waals surface area contributed by atoms with Crippen LogP contribution in [0.2, 0.25) is 0 Å². The zero-order valence-electron chi connectivity index (χ0n) is 16.2. The first-order valence-electron chi connectivity index (χ1n) is 10.8. The van der Waals surface area contributed by atoms with E-state index in [4.69, 9.17) is 4.74 Å². The van der Waals surface area contributed by atoms with Crippen molar-refractivity contribution in [3.8, 4) is 0 Å². The fourth-order valence-electron chi connectivity index (χ4n) is 8.08. The lowest BCUT2D eigenvalue weighted by molar-refractivity contribution is -0.124. The summed E-state index contributed by atoms with van der Waals surface area (Å²) in [6.45, 7) is 3.16. The number of methoxy groups -OCH3 is 1. The number of halogens is 1. The van der Waals surface area contributed by atoms with E-state index in [1.165, 1.54) is 56.7 Å². The van der Waals surface area contributed by atoms with E-state index in [1.54, 1.807) is 7.11 Å². The zero-order chi connectivity index (χ0) is 17.7. The van der Waals surface area contributed by atoms with Crippen LogP contribution < -0.4 is 0 Å². The Hall–Kier alpha value is 0.400. The van der Waals surface area contributed by atoms with Crippen molar-refractivity contribution in [2.24, 2.45) is 40.9 Å². The topological polar surface area (TPSA) is 29.5 Å². The molecule has 4 saturated carbocycles. The zero-order valence-corrected chi connectivity index (χ0v) is 17.8. The normalized spacial score (nSPS) is 52.3. The van der Waals surface area contributed by atoms with Crippen LogP contribution in [-0.2, 0) is 4.74 Å². The predicted octanol–water partition coefficient (Wildman–Crippen LogP) is 5.42. The fourth-order valence-corrected chi connectivity index (χ4v) is 8.63. The van der Waals surface area contributed by atoms with Crippen molar-refractivity contribution in [2.75, 3.05) is 19.0 Å². The Morgan fingerprint density at radius 3 is 2.56 bits per heavy atom. The lowest BCUT2D eigenvalue weighted by Gasteiger charge is -2.57. The summed E-state index contributed by atoms with van der Waals surface area (Å²) in [5.41, 5.74) is 0.0769. The summed E-state index contributed by atoms with van der Waals surface area (Å²) in [4.78, 5) is 0. The van der Waals surface area contributed by atoms with Crippen molar-refractivity contribution in [3.63, 3.8) is 0 Å². The molecule has 0 radical (unpaired) electrons. The highest BCUT2D eigenvalue weighted by Crippen LogP contribution is 2.65. The van der Waals surface area contributed by atoms with Crippen molar-refractivity contribution in [2.45, 2.75) is 76.7 Å². The van der Waals surface area contributed by atoms with Gasteiger partial charge in [-0.15, -0.1) is 0 Å². The number of hydrogen-bond donors (Lipinski definition) is 1. The third-order valence-corrected chi connectivity index (χ3v) is 9.63. The molecule has 144 valence electrons. The van der Waals surface area contributed by atoms with Crippen LogP contribution in [0.15, 0.2) is 0 Å². The molecule has 0 saturated heterocycles. The molecule has 0 unspecified atom stereocenters. The number of aliphatic hydroxyl groups is 1. The van der Waals surface area contributed by atoms with Gasteiger partial charge in [0.1, 0.15) is 0 Å². The fraction of sp³-hybridized carbons (Fsp3) is 1.00. The second-order valence-corrected chi connectivity index (χ2v) is 10.9. The van der Waals surface area contributed by atoms with Gasteiger partial charge in [-0.2, -0.15) is 0 Å². The van der Waals surface area contributed by atoms with E-state index in [0.717, 1.165) is 48.3 Å². The number of hydrogen-bond acceptors (Lipinski definition) is 2. The number of ether oxygens (including phenoxy) is 1. The van der Waals surface area contributed by atoms with Crippen LogP contribution in [0.5, 0.6) is 0 Å². The van der Waals surface area contributed by atoms with E-state index in [1.807, 2.05) is 0 Å². The van der Waals surface area contributed by atoms with Gasteiger partial charge in [-0.1, -0.05) is 22.9 Å². The third kappa shape index (κ3) is 3.14. The second-order valence-electron chi connectivity index (χ2n) is 10.1. The molecule has 3 heteroatoms. The molecular formula is C22H37BrO2. The molecule has 0 heterocycles. The van der Waals surface area contributed by atoms with Gasteiger partial charge < -0.3 is 9.84 Å². The number of rotatable bonds is 4.